The Morgan fingerprint density at radius 1 is 0.952 bits per heavy atom. The third-order valence-electron chi connectivity index (χ3n) is 3.27. The van der Waals surface area contributed by atoms with Crippen LogP contribution in [-0.4, -0.2) is 18.2 Å². The average molecular weight is 281 g/mol. The average Bonchev–Trinajstić information content (AvgIpc) is 2.52. The molecule has 1 amide bonds. The Morgan fingerprint density at radius 2 is 1.57 bits per heavy atom. The highest BCUT2D eigenvalue weighted by Crippen LogP contribution is 2.15. The second-order valence-electron chi connectivity index (χ2n) is 5.00. The maximum Gasteiger partial charge on any atom is 0.252 e. The second kappa shape index (κ2) is 6.84. The second-order valence-corrected chi connectivity index (χ2v) is 5.00. The van der Waals surface area contributed by atoms with Gasteiger partial charge in [-0.2, -0.15) is 0 Å². The predicted octanol–water partition coefficient (Wildman–Crippen LogP) is 3.37. The Hall–Kier alpha value is -2.42. The first-order valence-corrected chi connectivity index (χ1v) is 7.12. The predicted molar refractivity (Wildman–Crippen MR) is 83.7 cm³/mol. The van der Waals surface area contributed by atoms with Gasteiger partial charge in [0.1, 0.15) is 0 Å². The molecule has 0 aromatic heterocycles. The minimum Gasteiger partial charge on any atom is -0.352 e. The Kier molecular flexibility index (Phi) is 4.88. The molecular weight excluding hydrogens is 262 g/mol. The minimum atomic E-state index is -0.201. The van der Waals surface area contributed by atoms with Crippen molar-refractivity contribution in [1.29, 1.82) is 0 Å². The summed E-state index contributed by atoms with van der Waals surface area (Å²) in [6.45, 7) is 4.57. The van der Waals surface area contributed by atoms with E-state index in [0.717, 1.165) is 12.0 Å². The normalized spacial score (nSPS) is 10.2. The highest BCUT2D eigenvalue weighted by atomic mass is 16.2. The molecule has 2 aromatic carbocycles. The first-order valence-electron chi connectivity index (χ1n) is 7.12. The third kappa shape index (κ3) is 3.57. The van der Waals surface area contributed by atoms with Gasteiger partial charge in [-0.25, -0.2) is 0 Å². The molecule has 0 atom stereocenters. The molecule has 1 N–H and O–H groups in total. The van der Waals surface area contributed by atoms with Gasteiger partial charge in [0.15, 0.2) is 5.78 Å². The number of ketones is 1. The van der Waals surface area contributed by atoms with Crippen LogP contribution in [0.4, 0.5) is 0 Å². The van der Waals surface area contributed by atoms with Crippen LogP contribution < -0.4 is 5.32 Å². The Labute approximate surface area is 125 Å². The smallest absolute Gasteiger partial charge is 0.252 e. The van der Waals surface area contributed by atoms with Crippen molar-refractivity contribution in [3.05, 3.63) is 70.8 Å². The summed E-state index contributed by atoms with van der Waals surface area (Å²) in [4.78, 5) is 24.7. The molecule has 0 radical (unpaired) electrons. The van der Waals surface area contributed by atoms with E-state index in [9.17, 15) is 9.59 Å². The maximum atomic E-state index is 12.6. The van der Waals surface area contributed by atoms with Crippen molar-refractivity contribution in [2.24, 2.45) is 0 Å². The summed E-state index contributed by atoms with van der Waals surface area (Å²) < 4.78 is 0. The fourth-order valence-electron chi connectivity index (χ4n) is 2.07. The van der Waals surface area contributed by atoms with Crippen LogP contribution in [0.1, 0.15) is 45.2 Å². The molecule has 2 aromatic rings. The molecular formula is C18H19NO2. The molecule has 21 heavy (non-hydrogen) atoms. The Bertz CT molecular complexity index is 645. The van der Waals surface area contributed by atoms with E-state index in [1.807, 2.05) is 26.0 Å². The van der Waals surface area contributed by atoms with Gasteiger partial charge in [-0.1, -0.05) is 55.0 Å². The van der Waals surface area contributed by atoms with Crippen LogP contribution in [0.25, 0.3) is 0 Å². The van der Waals surface area contributed by atoms with Gasteiger partial charge in [-0.3, -0.25) is 9.59 Å². The van der Waals surface area contributed by atoms with Crippen LogP contribution in [0.15, 0.2) is 48.5 Å². The molecule has 2 rings (SSSR count). The van der Waals surface area contributed by atoms with E-state index in [-0.39, 0.29) is 11.7 Å². The molecule has 0 unspecified atom stereocenters. The summed E-state index contributed by atoms with van der Waals surface area (Å²) in [6.07, 6.45) is 0.861. The summed E-state index contributed by atoms with van der Waals surface area (Å²) in [5.74, 6) is -0.329. The minimum absolute atomic E-state index is 0.128. The molecule has 0 heterocycles. The highest BCUT2D eigenvalue weighted by Gasteiger charge is 2.17. The molecule has 108 valence electrons. The molecule has 0 aliphatic carbocycles. The van der Waals surface area contributed by atoms with Gasteiger partial charge in [0.2, 0.25) is 0 Å². The quantitative estimate of drug-likeness (QED) is 0.854. The number of hydrogen-bond acceptors (Lipinski definition) is 2. The number of aryl methyl sites for hydroxylation is 1. The van der Waals surface area contributed by atoms with Crippen molar-refractivity contribution in [2.75, 3.05) is 6.54 Å². The van der Waals surface area contributed by atoms with Crippen LogP contribution in [0, 0.1) is 6.92 Å². The van der Waals surface area contributed by atoms with Gasteiger partial charge in [0.05, 0.1) is 5.56 Å². The lowest BCUT2D eigenvalue weighted by Gasteiger charge is -2.09. The standard InChI is InChI=1S/C18H19NO2/c1-3-12-19-18(21)16-7-5-4-6-15(16)17(20)14-10-8-13(2)9-11-14/h4-11H,3,12H2,1-2H3,(H,19,21). The van der Waals surface area contributed by atoms with Crippen LogP contribution >= 0.6 is 0 Å². The van der Waals surface area contributed by atoms with Gasteiger partial charge in [-0.05, 0) is 19.4 Å². The SMILES string of the molecule is CCCNC(=O)c1ccccc1C(=O)c1ccc(C)cc1. The van der Waals surface area contributed by atoms with E-state index in [4.69, 9.17) is 0 Å². The molecule has 0 bridgehead atoms. The fourth-order valence-corrected chi connectivity index (χ4v) is 2.07. The topological polar surface area (TPSA) is 46.2 Å². The molecule has 0 aliphatic rings. The first kappa shape index (κ1) is 15.0. The lowest BCUT2D eigenvalue weighted by molar-refractivity contribution is 0.0942. The highest BCUT2D eigenvalue weighted by molar-refractivity contribution is 6.15. The fraction of sp³-hybridized carbons (Fsp3) is 0.222. The van der Waals surface area contributed by atoms with E-state index in [1.165, 1.54) is 0 Å². The molecule has 0 aliphatic heterocycles. The molecule has 3 heteroatoms. The molecule has 3 nitrogen and oxygen atoms in total. The van der Waals surface area contributed by atoms with E-state index in [2.05, 4.69) is 5.32 Å². The van der Waals surface area contributed by atoms with Crippen LogP contribution in [-0.2, 0) is 0 Å². The third-order valence-corrected chi connectivity index (χ3v) is 3.27. The van der Waals surface area contributed by atoms with Crippen LogP contribution in [0.2, 0.25) is 0 Å². The van der Waals surface area contributed by atoms with Gasteiger partial charge in [0, 0.05) is 17.7 Å². The van der Waals surface area contributed by atoms with Crippen molar-refractivity contribution in [3.63, 3.8) is 0 Å². The maximum absolute atomic E-state index is 12.6. The summed E-state index contributed by atoms with van der Waals surface area (Å²) in [6, 6.07) is 14.3. The summed E-state index contributed by atoms with van der Waals surface area (Å²) >= 11 is 0. The summed E-state index contributed by atoms with van der Waals surface area (Å²) in [7, 11) is 0. The van der Waals surface area contributed by atoms with Crippen LogP contribution in [0.3, 0.4) is 0 Å². The number of carbonyl (C=O) groups is 2. The zero-order valence-corrected chi connectivity index (χ0v) is 12.3. The summed E-state index contributed by atoms with van der Waals surface area (Å²) in [5, 5.41) is 2.81. The van der Waals surface area contributed by atoms with Crippen LogP contribution in [0.5, 0.6) is 0 Å². The van der Waals surface area contributed by atoms with Crippen molar-refractivity contribution in [2.45, 2.75) is 20.3 Å². The number of amides is 1. The first-order chi connectivity index (χ1) is 10.1. The van der Waals surface area contributed by atoms with Crippen molar-refractivity contribution < 1.29 is 9.59 Å². The molecule has 0 saturated heterocycles. The van der Waals surface area contributed by atoms with E-state index in [0.29, 0.717) is 23.2 Å². The van der Waals surface area contributed by atoms with Gasteiger partial charge >= 0.3 is 0 Å². The monoisotopic (exact) mass is 281 g/mol. The molecule has 0 fully saturated rings. The van der Waals surface area contributed by atoms with Crippen molar-refractivity contribution in [3.8, 4) is 0 Å². The number of hydrogen-bond donors (Lipinski definition) is 1. The van der Waals surface area contributed by atoms with Gasteiger partial charge < -0.3 is 5.32 Å². The summed E-state index contributed by atoms with van der Waals surface area (Å²) in [5.41, 5.74) is 2.56. The zero-order chi connectivity index (χ0) is 15.2. The number of carbonyl (C=O) groups excluding carboxylic acids is 2. The van der Waals surface area contributed by atoms with Crippen molar-refractivity contribution >= 4 is 11.7 Å². The number of nitrogens with one attached hydrogen (secondary N) is 1. The van der Waals surface area contributed by atoms with E-state index >= 15 is 0 Å². The molecule has 0 spiro atoms. The van der Waals surface area contributed by atoms with Crippen molar-refractivity contribution in [1.82, 2.24) is 5.32 Å². The Balaban J connectivity index is 2.33. The number of rotatable bonds is 5. The number of benzene rings is 2. The Morgan fingerprint density at radius 3 is 2.19 bits per heavy atom. The largest absolute Gasteiger partial charge is 0.352 e. The lowest BCUT2D eigenvalue weighted by atomic mass is 9.97. The van der Waals surface area contributed by atoms with Gasteiger partial charge in [0.25, 0.3) is 5.91 Å². The zero-order valence-electron chi connectivity index (χ0n) is 12.3. The lowest BCUT2D eigenvalue weighted by Crippen LogP contribution is -2.26. The van der Waals surface area contributed by atoms with E-state index < -0.39 is 0 Å². The van der Waals surface area contributed by atoms with E-state index in [1.54, 1.807) is 36.4 Å². The van der Waals surface area contributed by atoms with Gasteiger partial charge in [-0.15, -0.1) is 0 Å². The molecule has 0 saturated carbocycles.